The fourth-order valence-electron chi connectivity index (χ4n) is 9.51. The third kappa shape index (κ3) is 7.60. The Bertz CT molecular complexity index is 3200. The van der Waals surface area contributed by atoms with Crippen LogP contribution in [0.15, 0.2) is 206 Å². The van der Waals surface area contributed by atoms with E-state index in [1.807, 2.05) is 0 Å². The highest BCUT2D eigenvalue weighted by Crippen LogP contribution is 2.35. The van der Waals surface area contributed by atoms with E-state index in [1.165, 1.54) is 36.8 Å². The zero-order chi connectivity index (χ0) is 44.7. The van der Waals surface area contributed by atoms with Gasteiger partial charge in [0.15, 0.2) is 32.3 Å². The van der Waals surface area contributed by atoms with Crippen molar-refractivity contribution in [3.63, 3.8) is 0 Å². The molecule has 0 unspecified atom stereocenters. The van der Waals surface area contributed by atoms with Crippen molar-refractivity contribution in [2.24, 2.45) is 0 Å². The maximum atomic E-state index is 5.27. The average molecular weight is 871 g/mol. The van der Waals surface area contributed by atoms with E-state index in [0.29, 0.717) is 30.5 Å². The summed E-state index contributed by atoms with van der Waals surface area (Å²) in [5.41, 5.74) is 7.64. The van der Waals surface area contributed by atoms with E-state index in [1.54, 1.807) is 0 Å². The monoisotopic (exact) mass is 870 g/mol. The van der Waals surface area contributed by atoms with E-state index in [-0.39, 0.29) is 0 Å². The molecule has 4 nitrogen and oxygen atoms in total. The van der Waals surface area contributed by atoms with Crippen LogP contribution in [0.2, 0.25) is 40.4 Å². The molecule has 0 aliphatic carbocycles. The van der Waals surface area contributed by atoms with Crippen LogP contribution in [-0.4, -0.2) is 48.6 Å². The average Bonchev–Trinajstić information content (AvgIpc) is 3.69. The molecule has 2 aromatic heterocycles. The second-order valence-electron chi connectivity index (χ2n) is 18.5. The molecule has 8 aromatic carbocycles. The molecule has 0 fully saturated rings. The summed E-state index contributed by atoms with van der Waals surface area (Å²) in [4.78, 5) is 15.7. The summed E-state index contributed by atoms with van der Waals surface area (Å²) in [7, 11) is -4.38. The summed E-state index contributed by atoms with van der Waals surface area (Å²) in [5.74, 6) is 2.04. The van der Waals surface area contributed by atoms with Gasteiger partial charge < -0.3 is 4.57 Å². The Morgan fingerprint density at radius 2 is 0.846 bits per heavy atom. The molecule has 0 saturated carbocycles. The van der Waals surface area contributed by atoms with Gasteiger partial charge in [-0.1, -0.05) is 221 Å². The number of nitrogens with zero attached hydrogens (tertiary/aromatic N) is 4. The van der Waals surface area contributed by atoms with Gasteiger partial charge >= 0.3 is 0 Å². The third-order valence-electron chi connectivity index (χ3n) is 13.9. The number of rotatable bonds is 11. The second kappa shape index (κ2) is 17.3. The molecule has 314 valence electrons. The van der Waals surface area contributed by atoms with Gasteiger partial charge in [-0.3, -0.25) is 0 Å². The summed E-state index contributed by atoms with van der Waals surface area (Å²) in [5, 5.41) is 9.17. The summed E-state index contributed by atoms with van der Waals surface area (Å²) in [6, 6.07) is 75.8. The van der Waals surface area contributed by atoms with Crippen LogP contribution in [0.25, 0.3) is 61.7 Å². The highest BCUT2D eigenvalue weighted by molar-refractivity contribution is 7.37. The molecule has 0 bridgehead atoms. The van der Waals surface area contributed by atoms with E-state index in [4.69, 9.17) is 15.0 Å². The molecule has 0 spiro atoms. The fourth-order valence-corrected chi connectivity index (χ4v) is 16.0. The first-order valence-electron chi connectivity index (χ1n) is 22.9. The van der Waals surface area contributed by atoms with Crippen molar-refractivity contribution in [3.05, 3.63) is 206 Å². The van der Waals surface area contributed by atoms with Crippen LogP contribution < -0.4 is 31.4 Å². The molecular weight excluding hydrogens is 818 g/mol. The number of para-hydroxylation sites is 1. The molecule has 0 atom stereocenters. The van der Waals surface area contributed by atoms with Crippen molar-refractivity contribution >= 4 is 82.2 Å². The predicted molar refractivity (Wildman–Crippen MR) is 286 cm³/mol. The van der Waals surface area contributed by atoms with Crippen LogP contribution in [-0.2, 0) is 0 Å². The van der Waals surface area contributed by atoms with Crippen molar-refractivity contribution in [3.8, 4) is 39.9 Å². The Labute approximate surface area is 386 Å². The summed E-state index contributed by atoms with van der Waals surface area (Å²) >= 11 is 0. The molecule has 8 heteroatoms. The fraction of sp³-hybridized carbons (Fsp3) is 0.105. The van der Waals surface area contributed by atoms with E-state index in [0.717, 1.165) is 38.8 Å². The first-order chi connectivity index (χ1) is 31.6. The maximum absolute atomic E-state index is 5.27. The second-order valence-corrected chi connectivity index (χ2v) is 27.5. The van der Waals surface area contributed by atoms with Crippen LogP contribution in [0.1, 0.15) is 0 Å². The van der Waals surface area contributed by atoms with Crippen molar-refractivity contribution in [2.45, 2.75) is 40.4 Å². The van der Waals surface area contributed by atoms with Gasteiger partial charge in [-0.05, 0) is 57.1 Å². The first-order valence-corrected chi connectivity index (χ1v) is 28.0. The molecule has 0 N–H and O–H groups in total. The minimum Gasteiger partial charge on any atom is -0.309 e. The Morgan fingerprint density at radius 3 is 1.40 bits per heavy atom. The normalized spacial score (nSPS) is 11.8. The minimum atomic E-state index is -2.67. The maximum Gasteiger partial charge on any atom is 0.179 e. The van der Waals surface area contributed by atoms with Crippen molar-refractivity contribution < 1.29 is 0 Å². The molecule has 0 amide bonds. The van der Waals surface area contributed by atoms with Crippen molar-refractivity contribution in [1.29, 1.82) is 0 Å². The summed E-state index contributed by atoms with van der Waals surface area (Å²) in [6.07, 6.45) is 0.598. The zero-order valence-electron chi connectivity index (χ0n) is 38.1. The molecule has 10 aromatic rings. The molecule has 0 radical (unpaired) electrons. The molecule has 0 aliphatic heterocycles. The highest BCUT2D eigenvalue weighted by Gasteiger charge is 2.41. The van der Waals surface area contributed by atoms with E-state index in [2.05, 4.69) is 251 Å². The SMILES string of the molecule is CB(C)c1cccc(-c2nc(-c3cccc([Si](C)(C)B(C)C)c3)nc(-c3ccc4c(c3)c3ccccc3n4-c3ccc([Si](c4ccccc4)(c4ccccc4)c4ccccc4)cc3)n2)c1. The lowest BCUT2D eigenvalue weighted by Crippen LogP contribution is -2.74. The molecule has 65 heavy (non-hydrogen) atoms. The van der Waals surface area contributed by atoms with Gasteiger partial charge in [-0.25, -0.2) is 15.0 Å². The molecular formula is C57H52B2N4Si2. The van der Waals surface area contributed by atoms with Crippen LogP contribution in [0.4, 0.5) is 0 Å². The Morgan fingerprint density at radius 1 is 0.385 bits per heavy atom. The number of fused-ring (bicyclic) bond motifs is 3. The van der Waals surface area contributed by atoms with E-state index < -0.39 is 16.0 Å². The summed E-state index contributed by atoms with van der Waals surface area (Å²) < 4.78 is 2.41. The van der Waals surface area contributed by atoms with Crippen LogP contribution in [0.3, 0.4) is 0 Å². The minimum absolute atomic E-state index is 0.382. The van der Waals surface area contributed by atoms with E-state index in [9.17, 15) is 0 Å². The first kappa shape index (κ1) is 42.1. The summed E-state index contributed by atoms with van der Waals surface area (Å²) in [6.45, 7) is 14.4. The number of hydrogen-bond donors (Lipinski definition) is 0. The highest BCUT2D eigenvalue weighted by atomic mass is 28.3. The number of hydrogen-bond acceptors (Lipinski definition) is 3. The lowest BCUT2D eigenvalue weighted by molar-refractivity contribution is 1.07. The van der Waals surface area contributed by atoms with E-state index >= 15 is 0 Å². The third-order valence-corrected chi connectivity index (χ3v) is 23.3. The Balaban J connectivity index is 1.12. The van der Waals surface area contributed by atoms with Crippen molar-refractivity contribution in [1.82, 2.24) is 19.5 Å². The van der Waals surface area contributed by atoms with Crippen LogP contribution in [0.5, 0.6) is 0 Å². The number of benzene rings is 8. The van der Waals surface area contributed by atoms with Crippen molar-refractivity contribution in [2.75, 3.05) is 0 Å². The number of aromatic nitrogens is 4. The quantitative estimate of drug-likeness (QED) is 0.0961. The zero-order valence-corrected chi connectivity index (χ0v) is 40.1. The Kier molecular flexibility index (Phi) is 11.2. The molecule has 10 rings (SSSR count). The molecule has 0 saturated heterocycles. The topological polar surface area (TPSA) is 43.6 Å². The lowest BCUT2D eigenvalue weighted by Gasteiger charge is -2.34. The van der Waals surface area contributed by atoms with Crippen LogP contribution >= 0.6 is 0 Å². The standard InChI is InChI=1S/C57H52B2N4Si2/c1-58(2)44-22-18-20-41(38-44)55-60-56(42-21-19-29-50(39-42)64(5,6)59(3)4)62-57(61-55)43-32-37-54-52(40-43)51-30-16-17-31-53(51)63(54)45-33-35-49(36-34-45)65(46-23-10-7-11-24-46,47-25-12-8-13-26-47)48-27-14-9-15-28-48/h7-40H,1-6H3. The Hall–Kier alpha value is -6.87. The van der Waals surface area contributed by atoms with Gasteiger partial charge in [0, 0.05) is 33.2 Å². The lowest BCUT2D eigenvalue weighted by atomic mass is 9.49. The molecule has 0 aliphatic rings. The van der Waals surface area contributed by atoms with Gasteiger partial charge in [0.25, 0.3) is 0 Å². The largest absolute Gasteiger partial charge is 0.309 e. The predicted octanol–water partition coefficient (Wildman–Crippen LogP) is 10.1. The molecule has 2 heterocycles. The van der Waals surface area contributed by atoms with Gasteiger partial charge in [0.2, 0.25) is 0 Å². The van der Waals surface area contributed by atoms with Gasteiger partial charge in [-0.15, -0.1) is 0 Å². The van der Waals surface area contributed by atoms with Gasteiger partial charge in [-0.2, -0.15) is 0 Å². The van der Waals surface area contributed by atoms with Gasteiger partial charge in [0.1, 0.15) is 6.31 Å². The smallest absolute Gasteiger partial charge is 0.179 e. The van der Waals surface area contributed by atoms with Crippen LogP contribution in [0, 0.1) is 0 Å². The van der Waals surface area contributed by atoms with Gasteiger partial charge in [0.05, 0.1) is 19.0 Å².